The minimum atomic E-state index is -0.652. The van der Waals surface area contributed by atoms with E-state index in [9.17, 15) is 19.7 Å². The molecule has 11 heteroatoms. The van der Waals surface area contributed by atoms with Crippen molar-refractivity contribution in [2.75, 3.05) is 5.32 Å². The van der Waals surface area contributed by atoms with Crippen LogP contribution >= 0.6 is 0 Å². The van der Waals surface area contributed by atoms with Gasteiger partial charge >= 0.3 is 11.7 Å². The van der Waals surface area contributed by atoms with Gasteiger partial charge in [-0.15, -0.1) is 0 Å². The molecule has 3 rings (SSSR count). The van der Waals surface area contributed by atoms with Crippen molar-refractivity contribution in [2.45, 2.75) is 40.0 Å². The molecule has 0 aliphatic carbocycles. The normalized spacial score (nSPS) is 10.8. The number of benzene rings is 1. The van der Waals surface area contributed by atoms with E-state index in [0.29, 0.717) is 6.54 Å². The number of esters is 1. The number of furan rings is 1. The number of aryl methyl sites for hydroxylation is 1. The number of nitrogens with zero attached hydrogens (tertiary/aromatic N) is 3. The maximum atomic E-state index is 12.6. The van der Waals surface area contributed by atoms with Crippen LogP contribution in [0.4, 0.5) is 11.4 Å². The average Bonchev–Trinajstić information content (AvgIpc) is 3.39. The molecule has 1 N–H and O–H groups in total. The van der Waals surface area contributed by atoms with Crippen LogP contribution in [0.1, 0.15) is 47.6 Å². The lowest BCUT2D eigenvalue weighted by molar-refractivity contribution is -0.386. The third kappa shape index (κ3) is 5.31. The molecule has 0 saturated heterocycles. The Morgan fingerprint density at radius 2 is 2.00 bits per heavy atom. The van der Waals surface area contributed by atoms with Gasteiger partial charge in [0.25, 0.3) is 5.91 Å². The summed E-state index contributed by atoms with van der Waals surface area (Å²) in [6.45, 7) is 5.64. The van der Waals surface area contributed by atoms with Crippen LogP contribution in [0, 0.1) is 10.1 Å². The van der Waals surface area contributed by atoms with Crippen molar-refractivity contribution in [2.24, 2.45) is 0 Å². The molecule has 3 aromatic rings. The summed E-state index contributed by atoms with van der Waals surface area (Å²) in [5.41, 5.74) is 0.00258. The Bertz CT molecular complexity index is 1130. The molecule has 0 aliphatic heterocycles. The first-order valence-electron chi connectivity index (χ1n) is 9.83. The largest absolute Gasteiger partial charge is 0.479 e. The first-order valence-corrected chi connectivity index (χ1v) is 9.83. The summed E-state index contributed by atoms with van der Waals surface area (Å²) in [6, 6.07) is 8.90. The minimum absolute atomic E-state index is 0.0135. The second kappa shape index (κ2) is 9.77. The van der Waals surface area contributed by atoms with Crippen LogP contribution < -0.4 is 10.1 Å². The zero-order chi connectivity index (χ0) is 23.3. The van der Waals surface area contributed by atoms with E-state index in [1.54, 1.807) is 19.9 Å². The molecule has 32 heavy (non-hydrogen) atoms. The highest BCUT2D eigenvalue weighted by atomic mass is 16.6. The molecule has 0 spiro atoms. The lowest BCUT2D eigenvalue weighted by Crippen LogP contribution is -2.17. The van der Waals surface area contributed by atoms with Crippen LogP contribution in [0.3, 0.4) is 0 Å². The molecule has 1 aromatic carbocycles. The van der Waals surface area contributed by atoms with Gasteiger partial charge in [0.2, 0.25) is 0 Å². The van der Waals surface area contributed by atoms with Gasteiger partial charge in [-0.3, -0.25) is 19.6 Å². The Morgan fingerprint density at radius 3 is 2.69 bits per heavy atom. The summed E-state index contributed by atoms with van der Waals surface area (Å²) in [5.74, 6) is -0.910. The third-order valence-electron chi connectivity index (χ3n) is 4.19. The highest BCUT2D eigenvalue weighted by Crippen LogP contribution is 2.27. The quantitative estimate of drug-likeness (QED) is 0.300. The Balaban J connectivity index is 1.70. The summed E-state index contributed by atoms with van der Waals surface area (Å²) in [7, 11) is 0. The van der Waals surface area contributed by atoms with Crippen molar-refractivity contribution in [3.63, 3.8) is 0 Å². The number of hydrogen-bond acceptors (Lipinski definition) is 8. The van der Waals surface area contributed by atoms with Gasteiger partial charge in [0, 0.05) is 18.8 Å². The first-order chi connectivity index (χ1) is 15.3. The van der Waals surface area contributed by atoms with Crippen LogP contribution in [0.15, 0.2) is 47.0 Å². The number of aromatic nitrogens is 2. The van der Waals surface area contributed by atoms with Crippen molar-refractivity contribution in [3.05, 3.63) is 69.9 Å². The van der Waals surface area contributed by atoms with Crippen molar-refractivity contribution in [1.29, 1.82) is 0 Å². The van der Waals surface area contributed by atoms with Gasteiger partial charge in [0.05, 0.1) is 16.7 Å². The molecule has 0 atom stereocenters. The number of nitro groups is 1. The summed E-state index contributed by atoms with van der Waals surface area (Å²) < 4.78 is 17.6. The molecule has 1 amide bonds. The van der Waals surface area contributed by atoms with E-state index in [-0.39, 0.29) is 47.0 Å². The smallest absolute Gasteiger partial charge is 0.361 e. The number of nitrogens with one attached hydrogen (secondary N) is 1. The van der Waals surface area contributed by atoms with Crippen molar-refractivity contribution >= 4 is 23.3 Å². The highest BCUT2D eigenvalue weighted by Gasteiger charge is 2.22. The van der Waals surface area contributed by atoms with Crippen molar-refractivity contribution in [3.8, 4) is 5.75 Å². The lowest BCUT2D eigenvalue weighted by Gasteiger charge is -2.07. The van der Waals surface area contributed by atoms with Gasteiger partial charge in [0.1, 0.15) is 12.4 Å². The molecular formula is C21H22N4O7. The molecule has 0 radical (unpaired) electrons. The molecule has 0 fully saturated rings. The zero-order valence-electron chi connectivity index (χ0n) is 17.7. The van der Waals surface area contributed by atoms with Gasteiger partial charge in [0.15, 0.2) is 17.2 Å². The third-order valence-corrected chi connectivity index (χ3v) is 4.19. The molecule has 11 nitrogen and oxygen atoms in total. The van der Waals surface area contributed by atoms with Crippen LogP contribution in [0.5, 0.6) is 5.75 Å². The number of hydrogen-bond donors (Lipinski definition) is 1. The van der Waals surface area contributed by atoms with Crippen molar-refractivity contribution < 1.29 is 28.4 Å². The maximum Gasteiger partial charge on any atom is 0.361 e. The number of carbonyl (C=O) groups is 2. The van der Waals surface area contributed by atoms with Gasteiger partial charge in [-0.1, -0.05) is 12.1 Å². The summed E-state index contributed by atoms with van der Waals surface area (Å²) in [5, 5.41) is 17.8. The fraction of sp³-hybridized carbons (Fsp3) is 0.286. The Hall–Kier alpha value is -4.15. The fourth-order valence-corrected chi connectivity index (χ4v) is 2.74. The van der Waals surface area contributed by atoms with E-state index in [1.165, 1.54) is 41.2 Å². The molecule has 2 aromatic heterocycles. The average molecular weight is 442 g/mol. The molecular weight excluding hydrogens is 420 g/mol. The zero-order valence-corrected chi connectivity index (χ0v) is 17.7. The Kier molecular flexibility index (Phi) is 6.88. The molecule has 0 aliphatic rings. The molecule has 0 unspecified atom stereocenters. The van der Waals surface area contributed by atoms with E-state index < -0.39 is 16.8 Å². The number of ether oxygens (including phenoxy) is 2. The van der Waals surface area contributed by atoms with E-state index in [2.05, 4.69) is 10.4 Å². The number of rotatable bonds is 9. The monoisotopic (exact) mass is 442 g/mol. The second-order valence-corrected chi connectivity index (χ2v) is 6.93. The number of nitro benzene ring substituents is 1. The van der Waals surface area contributed by atoms with Crippen LogP contribution in [-0.2, 0) is 17.9 Å². The lowest BCUT2D eigenvalue weighted by atomic mass is 10.3. The van der Waals surface area contributed by atoms with Crippen LogP contribution in [-0.4, -0.2) is 32.7 Å². The number of para-hydroxylation sites is 2. The minimum Gasteiger partial charge on any atom is -0.479 e. The standard InChI is InChI=1S/C21H22N4O7/c1-4-24-11-15(19(23-24)21(27)31-13(2)3)22-20(26)18-10-9-14(32-18)12-30-17-8-6-5-7-16(17)25(28)29/h5-11,13H,4,12H2,1-3H3,(H,22,26). The van der Waals surface area contributed by atoms with Gasteiger partial charge in [-0.2, -0.15) is 5.10 Å². The topological polar surface area (TPSA) is 139 Å². The van der Waals surface area contributed by atoms with E-state index in [0.717, 1.165) is 0 Å². The van der Waals surface area contributed by atoms with Gasteiger partial charge < -0.3 is 19.2 Å². The van der Waals surface area contributed by atoms with E-state index in [1.807, 2.05) is 6.92 Å². The molecule has 0 saturated carbocycles. The Morgan fingerprint density at radius 1 is 1.25 bits per heavy atom. The predicted molar refractivity (Wildman–Crippen MR) is 113 cm³/mol. The van der Waals surface area contributed by atoms with E-state index >= 15 is 0 Å². The second-order valence-electron chi connectivity index (χ2n) is 6.93. The number of carbonyl (C=O) groups excluding carboxylic acids is 2. The van der Waals surface area contributed by atoms with Crippen LogP contribution in [0.2, 0.25) is 0 Å². The van der Waals surface area contributed by atoms with Gasteiger partial charge in [-0.25, -0.2) is 4.79 Å². The first kappa shape index (κ1) is 22.5. The predicted octanol–water partition coefficient (Wildman–Crippen LogP) is 3.80. The Labute approximate surface area is 183 Å². The molecule has 168 valence electrons. The van der Waals surface area contributed by atoms with Gasteiger partial charge in [-0.05, 0) is 39.0 Å². The highest BCUT2D eigenvalue weighted by molar-refractivity contribution is 6.06. The molecule has 2 heterocycles. The molecule has 0 bridgehead atoms. The van der Waals surface area contributed by atoms with Crippen molar-refractivity contribution in [1.82, 2.24) is 9.78 Å². The maximum absolute atomic E-state index is 12.6. The fourth-order valence-electron chi connectivity index (χ4n) is 2.74. The summed E-state index contributed by atoms with van der Waals surface area (Å²) in [4.78, 5) is 35.4. The van der Waals surface area contributed by atoms with Crippen LogP contribution in [0.25, 0.3) is 0 Å². The summed E-state index contributed by atoms with van der Waals surface area (Å²) in [6.07, 6.45) is 1.18. The SMILES string of the molecule is CCn1cc(NC(=O)c2ccc(COc3ccccc3[N+](=O)[O-])o2)c(C(=O)OC(C)C)n1. The van der Waals surface area contributed by atoms with E-state index in [4.69, 9.17) is 13.9 Å². The number of anilines is 1. The summed E-state index contributed by atoms with van der Waals surface area (Å²) >= 11 is 0. The number of amides is 1.